The fourth-order valence-electron chi connectivity index (χ4n) is 4.23. The first-order chi connectivity index (χ1) is 15.2. The summed E-state index contributed by atoms with van der Waals surface area (Å²) in [6, 6.07) is 8.99. The molecule has 32 heavy (non-hydrogen) atoms. The van der Waals surface area contributed by atoms with Crippen molar-refractivity contribution in [1.82, 2.24) is 20.5 Å². The first-order valence-corrected chi connectivity index (χ1v) is 12.3. The zero-order chi connectivity index (χ0) is 21.5. The van der Waals surface area contributed by atoms with Crippen LogP contribution in [-0.2, 0) is 6.54 Å². The molecule has 2 aromatic rings. The molecule has 0 unspecified atom stereocenters. The molecule has 2 N–H and O–H groups in total. The Balaban J connectivity index is 0.00000289. The molecule has 0 aromatic carbocycles. The number of halogens is 1. The van der Waals surface area contributed by atoms with E-state index < -0.39 is 0 Å². The number of hydrogen-bond donors (Lipinski definition) is 2. The van der Waals surface area contributed by atoms with Gasteiger partial charge >= 0.3 is 0 Å². The van der Waals surface area contributed by atoms with Gasteiger partial charge in [0.15, 0.2) is 5.96 Å². The molecule has 2 aliphatic heterocycles. The van der Waals surface area contributed by atoms with Crippen molar-refractivity contribution in [3.05, 3.63) is 41.4 Å². The lowest BCUT2D eigenvalue weighted by Crippen LogP contribution is -2.48. The molecule has 0 amide bonds. The maximum absolute atomic E-state index is 4.92. The molecule has 176 valence electrons. The Labute approximate surface area is 213 Å². The number of nitrogens with one attached hydrogen (secondary N) is 2. The molecule has 2 saturated heterocycles. The summed E-state index contributed by atoms with van der Waals surface area (Å²) in [6.07, 6.45) is 4.15. The van der Waals surface area contributed by atoms with Gasteiger partial charge in [-0.25, -0.2) is 9.98 Å². The van der Waals surface area contributed by atoms with E-state index in [0.717, 1.165) is 70.4 Å². The molecule has 2 aliphatic rings. The van der Waals surface area contributed by atoms with Crippen LogP contribution in [0.4, 0.5) is 10.8 Å². The molecule has 7 nitrogen and oxygen atoms in total. The number of pyridine rings is 1. The third-order valence-electron chi connectivity index (χ3n) is 6.08. The minimum atomic E-state index is 0. The summed E-state index contributed by atoms with van der Waals surface area (Å²) in [5.74, 6) is 1.99. The Morgan fingerprint density at radius 1 is 1.09 bits per heavy atom. The summed E-state index contributed by atoms with van der Waals surface area (Å²) in [5, 5.41) is 10.6. The molecule has 2 fully saturated rings. The van der Waals surface area contributed by atoms with E-state index in [4.69, 9.17) is 9.98 Å². The standard InChI is InChI=1S/C23H35N7S.HI/c1-3-24-23(27-20-8-11-29(12-9-20)21-7-5-17-31-21)26-18-19-6-4-10-25-22(19)30-15-13-28(2)14-16-30;/h4-7,10,17,20H,3,8-9,11-16,18H2,1-2H3,(H2,24,26,27);1H. The fourth-order valence-corrected chi connectivity index (χ4v) is 5.01. The smallest absolute Gasteiger partial charge is 0.191 e. The van der Waals surface area contributed by atoms with Gasteiger partial charge in [0.1, 0.15) is 5.82 Å². The number of likely N-dealkylation sites (N-methyl/N-ethyl adjacent to an activating group) is 1. The van der Waals surface area contributed by atoms with Gasteiger partial charge in [0.2, 0.25) is 0 Å². The molecule has 9 heteroatoms. The Morgan fingerprint density at radius 3 is 2.56 bits per heavy atom. The lowest BCUT2D eigenvalue weighted by atomic mass is 10.1. The predicted molar refractivity (Wildman–Crippen MR) is 147 cm³/mol. The van der Waals surface area contributed by atoms with Gasteiger partial charge in [0.25, 0.3) is 0 Å². The first kappa shape index (κ1) is 25.0. The number of piperidine rings is 1. The average Bonchev–Trinajstić information content (AvgIpc) is 3.34. The molecule has 0 atom stereocenters. The lowest BCUT2D eigenvalue weighted by molar-refractivity contribution is 0.312. The third kappa shape index (κ3) is 6.71. The second kappa shape index (κ2) is 12.6. The molecule has 0 saturated carbocycles. The average molecular weight is 570 g/mol. The Kier molecular flexibility index (Phi) is 9.86. The van der Waals surface area contributed by atoms with Crippen LogP contribution in [0.15, 0.2) is 40.8 Å². The number of nitrogens with zero attached hydrogens (tertiary/aromatic N) is 5. The highest BCUT2D eigenvalue weighted by Gasteiger charge is 2.21. The first-order valence-electron chi connectivity index (χ1n) is 11.4. The van der Waals surface area contributed by atoms with Gasteiger partial charge in [-0.1, -0.05) is 6.07 Å². The highest BCUT2D eigenvalue weighted by Crippen LogP contribution is 2.25. The van der Waals surface area contributed by atoms with Crippen molar-refractivity contribution in [3.63, 3.8) is 0 Å². The van der Waals surface area contributed by atoms with Crippen LogP contribution in [0.1, 0.15) is 25.3 Å². The van der Waals surface area contributed by atoms with E-state index in [2.05, 4.69) is 62.9 Å². The van der Waals surface area contributed by atoms with Crippen LogP contribution < -0.4 is 20.4 Å². The van der Waals surface area contributed by atoms with E-state index in [9.17, 15) is 0 Å². The zero-order valence-electron chi connectivity index (χ0n) is 19.2. The molecule has 0 spiro atoms. The monoisotopic (exact) mass is 569 g/mol. The van der Waals surface area contributed by atoms with Crippen molar-refractivity contribution in [1.29, 1.82) is 0 Å². The minimum absolute atomic E-state index is 0. The molecule has 2 aromatic heterocycles. The Hall–Kier alpha value is -1.59. The fraction of sp³-hybridized carbons (Fsp3) is 0.565. The van der Waals surface area contributed by atoms with E-state index in [1.54, 1.807) is 0 Å². The summed E-state index contributed by atoms with van der Waals surface area (Å²) in [4.78, 5) is 16.9. The van der Waals surface area contributed by atoms with Crippen molar-refractivity contribution in [3.8, 4) is 0 Å². The highest BCUT2D eigenvalue weighted by molar-refractivity contribution is 14.0. The second-order valence-corrected chi connectivity index (χ2v) is 9.25. The molecule has 0 bridgehead atoms. The molecule has 0 radical (unpaired) electrons. The van der Waals surface area contributed by atoms with E-state index in [1.807, 2.05) is 23.6 Å². The molecular formula is C23H36IN7S. The van der Waals surface area contributed by atoms with Crippen molar-refractivity contribution in [2.45, 2.75) is 32.4 Å². The SMILES string of the molecule is CCNC(=NCc1cccnc1N1CCN(C)CC1)NC1CCN(c2cccs2)CC1.I. The number of piperazine rings is 1. The largest absolute Gasteiger partial charge is 0.363 e. The summed E-state index contributed by atoms with van der Waals surface area (Å²) >= 11 is 1.83. The van der Waals surface area contributed by atoms with Crippen LogP contribution in [0, 0.1) is 0 Å². The lowest BCUT2D eigenvalue weighted by Gasteiger charge is -2.34. The maximum atomic E-state index is 4.92. The van der Waals surface area contributed by atoms with Crippen LogP contribution in [-0.4, -0.2) is 74.7 Å². The number of aromatic nitrogens is 1. The highest BCUT2D eigenvalue weighted by atomic mass is 127. The molecule has 0 aliphatic carbocycles. The maximum Gasteiger partial charge on any atom is 0.191 e. The van der Waals surface area contributed by atoms with Gasteiger partial charge in [-0.05, 0) is 50.4 Å². The van der Waals surface area contributed by atoms with Crippen molar-refractivity contribution < 1.29 is 0 Å². The number of rotatable bonds is 6. The van der Waals surface area contributed by atoms with E-state index >= 15 is 0 Å². The van der Waals surface area contributed by atoms with E-state index in [1.165, 1.54) is 10.6 Å². The van der Waals surface area contributed by atoms with Crippen LogP contribution in [0.2, 0.25) is 0 Å². The quantitative estimate of drug-likeness (QED) is 0.317. The second-order valence-electron chi connectivity index (χ2n) is 8.33. The molecular weight excluding hydrogens is 533 g/mol. The Morgan fingerprint density at radius 2 is 1.88 bits per heavy atom. The van der Waals surface area contributed by atoms with Crippen LogP contribution in [0.25, 0.3) is 0 Å². The summed E-state index contributed by atoms with van der Waals surface area (Å²) < 4.78 is 0. The van der Waals surface area contributed by atoms with Crippen molar-refractivity contribution >= 4 is 52.1 Å². The van der Waals surface area contributed by atoms with Crippen LogP contribution >= 0.6 is 35.3 Å². The van der Waals surface area contributed by atoms with Gasteiger partial charge < -0.3 is 25.3 Å². The van der Waals surface area contributed by atoms with E-state index in [-0.39, 0.29) is 24.0 Å². The number of aliphatic imine (C=N–C) groups is 1. The van der Waals surface area contributed by atoms with Crippen LogP contribution in [0.3, 0.4) is 0 Å². The van der Waals surface area contributed by atoms with Gasteiger partial charge in [-0.3, -0.25) is 0 Å². The van der Waals surface area contributed by atoms with Gasteiger partial charge in [-0.2, -0.15) is 0 Å². The minimum Gasteiger partial charge on any atom is -0.363 e. The summed E-state index contributed by atoms with van der Waals surface area (Å²) in [6.45, 7) is 9.99. The van der Waals surface area contributed by atoms with Gasteiger partial charge in [-0.15, -0.1) is 35.3 Å². The number of thiophene rings is 1. The third-order valence-corrected chi connectivity index (χ3v) is 7.00. The number of hydrogen-bond acceptors (Lipinski definition) is 6. The molecule has 4 heterocycles. The van der Waals surface area contributed by atoms with Gasteiger partial charge in [0, 0.05) is 63.6 Å². The molecule has 4 rings (SSSR count). The summed E-state index contributed by atoms with van der Waals surface area (Å²) in [5.41, 5.74) is 1.19. The Bertz CT molecular complexity index is 829. The normalized spacial score (nSPS) is 18.4. The van der Waals surface area contributed by atoms with Gasteiger partial charge in [0.05, 0.1) is 11.5 Å². The zero-order valence-corrected chi connectivity index (χ0v) is 22.3. The van der Waals surface area contributed by atoms with Crippen molar-refractivity contribution in [2.24, 2.45) is 4.99 Å². The van der Waals surface area contributed by atoms with E-state index in [0.29, 0.717) is 12.6 Å². The number of guanidine groups is 1. The topological polar surface area (TPSA) is 59.0 Å². The van der Waals surface area contributed by atoms with Crippen LogP contribution in [0.5, 0.6) is 0 Å². The predicted octanol–water partition coefficient (Wildman–Crippen LogP) is 3.24. The number of anilines is 2. The van der Waals surface area contributed by atoms with Crippen molar-refractivity contribution in [2.75, 3.05) is 62.7 Å². The summed E-state index contributed by atoms with van der Waals surface area (Å²) in [7, 11) is 2.18.